The van der Waals surface area contributed by atoms with Gasteiger partial charge in [-0.05, 0) is 26.7 Å². The molecule has 1 saturated carbocycles. The van der Waals surface area contributed by atoms with Crippen LogP contribution in [0.5, 0.6) is 0 Å². The summed E-state index contributed by atoms with van der Waals surface area (Å²) in [5, 5.41) is 3.11. The highest BCUT2D eigenvalue weighted by atomic mass is 16.5. The minimum absolute atomic E-state index is 0.0571. The van der Waals surface area contributed by atoms with E-state index in [0.717, 1.165) is 12.8 Å². The Labute approximate surface area is 98.9 Å². The Morgan fingerprint density at radius 3 is 2.38 bits per heavy atom. The van der Waals surface area contributed by atoms with Crippen molar-refractivity contribution in [2.75, 3.05) is 0 Å². The molecule has 2 unspecified atom stereocenters. The Kier molecular flexibility index (Phi) is 5.26. The second-order valence-electron chi connectivity index (χ2n) is 5.28. The van der Waals surface area contributed by atoms with Crippen molar-refractivity contribution in [1.29, 1.82) is 0 Å². The van der Waals surface area contributed by atoms with Gasteiger partial charge in [-0.25, -0.2) is 0 Å². The van der Waals surface area contributed by atoms with Crippen LogP contribution in [0.2, 0.25) is 0 Å². The van der Waals surface area contributed by atoms with Crippen LogP contribution in [0, 0.1) is 5.92 Å². The fraction of sp³-hybridized carbons (Fsp3) is 0.923. The largest absolute Gasteiger partial charge is 0.373 e. The van der Waals surface area contributed by atoms with E-state index < -0.39 is 0 Å². The van der Waals surface area contributed by atoms with Crippen LogP contribution in [0.15, 0.2) is 0 Å². The molecule has 0 heterocycles. The van der Waals surface area contributed by atoms with Crippen molar-refractivity contribution in [1.82, 2.24) is 5.32 Å². The van der Waals surface area contributed by atoms with E-state index in [-0.39, 0.29) is 30.1 Å². The number of amides is 1. The maximum Gasteiger partial charge on any atom is 0.222 e. The third-order valence-corrected chi connectivity index (χ3v) is 3.00. The highest BCUT2D eigenvalue weighted by Gasteiger charge is 2.28. The SMILES string of the molecule is CC(C)OC1CCCCC1NC(=O)C(C)C. The average molecular weight is 227 g/mol. The molecule has 1 fully saturated rings. The lowest BCUT2D eigenvalue weighted by Gasteiger charge is -2.33. The summed E-state index contributed by atoms with van der Waals surface area (Å²) < 4.78 is 5.87. The molecule has 0 bridgehead atoms. The smallest absolute Gasteiger partial charge is 0.222 e. The zero-order chi connectivity index (χ0) is 12.1. The van der Waals surface area contributed by atoms with Crippen LogP contribution in [-0.2, 0) is 9.53 Å². The number of nitrogens with one attached hydrogen (secondary N) is 1. The molecule has 16 heavy (non-hydrogen) atoms. The monoisotopic (exact) mass is 227 g/mol. The van der Waals surface area contributed by atoms with Crippen LogP contribution in [0.1, 0.15) is 53.4 Å². The van der Waals surface area contributed by atoms with E-state index in [1.54, 1.807) is 0 Å². The molecular formula is C13H25NO2. The first-order valence-electron chi connectivity index (χ1n) is 6.46. The Hall–Kier alpha value is -0.570. The molecule has 0 aromatic carbocycles. The first-order valence-corrected chi connectivity index (χ1v) is 6.46. The van der Waals surface area contributed by atoms with E-state index in [1.165, 1.54) is 12.8 Å². The van der Waals surface area contributed by atoms with Crippen LogP contribution in [0.4, 0.5) is 0 Å². The zero-order valence-electron chi connectivity index (χ0n) is 11.0. The lowest BCUT2D eigenvalue weighted by atomic mass is 9.92. The van der Waals surface area contributed by atoms with Crippen molar-refractivity contribution in [3.63, 3.8) is 0 Å². The Bertz CT molecular complexity index is 226. The first-order chi connectivity index (χ1) is 7.50. The van der Waals surface area contributed by atoms with Gasteiger partial charge >= 0.3 is 0 Å². The van der Waals surface area contributed by atoms with Crippen molar-refractivity contribution in [3.8, 4) is 0 Å². The van der Waals surface area contributed by atoms with Gasteiger partial charge in [-0.1, -0.05) is 26.7 Å². The van der Waals surface area contributed by atoms with Crippen molar-refractivity contribution in [2.45, 2.75) is 71.6 Å². The molecule has 0 aromatic rings. The van der Waals surface area contributed by atoms with Crippen molar-refractivity contribution >= 4 is 5.91 Å². The van der Waals surface area contributed by atoms with Gasteiger partial charge in [-0.3, -0.25) is 4.79 Å². The molecule has 1 N–H and O–H groups in total. The lowest BCUT2D eigenvalue weighted by molar-refractivity contribution is -0.127. The first kappa shape index (κ1) is 13.5. The molecule has 0 aliphatic heterocycles. The molecule has 3 heteroatoms. The van der Waals surface area contributed by atoms with E-state index in [4.69, 9.17) is 4.74 Å². The topological polar surface area (TPSA) is 38.3 Å². The fourth-order valence-corrected chi connectivity index (χ4v) is 2.12. The van der Waals surface area contributed by atoms with Crippen LogP contribution >= 0.6 is 0 Å². The maximum atomic E-state index is 11.7. The van der Waals surface area contributed by atoms with E-state index in [0.29, 0.717) is 0 Å². The summed E-state index contributed by atoms with van der Waals surface area (Å²) in [6.45, 7) is 7.96. The average Bonchev–Trinajstić information content (AvgIpc) is 2.20. The van der Waals surface area contributed by atoms with E-state index in [1.807, 2.05) is 13.8 Å². The van der Waals surface area contributed by atoms with Crippen LogP contribution in [0.3, 0.4) is 0 Å². The van der Waals surface area contributed by atoms with Crippen LogP contribution in [0.25, 0.3) is 0 Å². The van der Waals surface area contributed by atoms with Crippen molar-refractivity contribution < 1.29 is 9.53 Å². The molecule has 1 amide bonds. The Morgan fingerprint density at radius 1 is 1.19 bits per heavy atom. The highest BCUT2D eigenvalue weighted by molar-refractivity contribution is 5.78. The highest BCUT2D eigenvalue weighted by Crippen LogP contribution is 2.22. The standard InChI is InChI=1S/C13H25NO2/c1-9(2)13(15)14-11-7-5-6-8-12(11)16-10(3)4/h9-12H,5-8H2,1-4H3,(H,14,15). The van der Waals surface area contributed by atoms with Gasteiger partial charge in [0.2, 0.25) is 5.91 Å². The number of hydrogen-bond donors (Lipinski definition) is 1. The van der Waals surface area contributed by atoms with Gasteiger partial charge in [0.25, 0.3) is 0 Å². The van der Waals surface area contributed by atoms with Crippen molar-refractivity contribution in [2.24, 2.45) is 5.92 Å². The quantitative estimate of drug-likeness (QED) is 0.801. The molecule has 1 aliphatic rings. The molecule has 94 valence electrons. The minimum atomic E-state index is 0.0571. The Morgan fingerprint density at radius 2 is 1.81 bits per heavy atom. The molecule has 0 radical (unpaired) electrons. The summed E-state index contributed by atoms with van der Waals surface area (Å²) in [6.07, 6.45) is 4.97. The maximum absolute atomic E-state index is 11.7. The zero-order valence-corrected chi connectivity index (χ0v) is 11.0. The van der Waals surface area contributed by atoms with Gasteiger partial charge in [-0.15, -0.1) is 0 Å². The van der Waals surface area contributed by atoms with Gasteiger partial charge in [0.1, 0.15) is 0 Å². The number of carbonyl (C=O) groups excluding carboxylic acids is 1. The summed E-state index contributed by atoms with van der Waals surface area (Å²) in [4.78, 5) is 11.7. The van der Waals surface area contributed by atoms with Crippen LogP contribution < -0.4 is 5.32 Å². The van der Waals surface area contributed by atoms with Gasteiger partial charge in [0.15, 0.2) is 0 Å². The fourth-order valence-electron chi connectivity index (χ4n) is 2.12. The minimum Gasteiger partial charge on any atom is -0.373 e. The molecule has 1 aliphatic carbocycles. The number of rotatable bonds is 4. The number of carbonyl (C=O) groups is 1. The van der Waals surface area contributed by atoms with Crippen molar-refractivity contribution in [3.05, 3.63) is 0 Å². The summed E-state index contributed by atoms with van der Waals surface area (Å²) >= 11 is 0. The molecular weight excluding hydrogens is 202 g/mol. The van der Waals surface area contributed by atoms with Gasteiger partial charge in [0, 0.05) is 5.92 Å². The second-order valence-corrected chi connectivity index (χ2v) is 5.28. The number of hydrogen-bond acceptors (Lipinski definition) is 2. The van der Waals surface area contributed by atoms with E-state index >= 15 is 0 Å². The molecule has 3 nitrogen and oxygen atoms in total. The second kappa shape index (κ2) is 6.24. The predicted molar refractivity (Wildman–Crippen MR) is 65.2 cm³/mol. The van der Waals surface area contributed by atoms with Gasteiger partial charge in [0.05, 0.1) is 18.2 Å². The normalized spacial score (nSPS) is 26.1. The molecule has 0 aromatic heterocycles. The third kappa shape index (κ3) is 4.12. The van der Waals surface area contributed by atoms with Gasteiger partial charge in [-0.2, -0.15) is 0 Å². The summed E-state index contributed by atoms with van der Waals surface area (Å²) in [7, 11) is 0. The summed E-state index contributed by atoms with van der Waals surface area (Å²) in [6, 6.07) is 0.214. The summed E-state index contributed by atoms with van der Waals surface area (Å²) in [5.74, 6) is 0.200. The molecule has 1 rings (SSSR count). The predicted octanol–water partition coefficient (Wildman–Crippen LogP) is 2.49. The molecule has 2 atom stereocenters. The molecule has 0 saturated heterocycles. The third-order valence-electron chi connectivity index (χ3n) is 3.00. The lowest BCUT2D eigenvalue weighted by Crippen LogP contribution is -2.48. The van der Waals surface area contributed by atoms with E-state index in [9.17, 15) is 4.79 Å². The summed E-state index contributed by atoms with van der Waals surface area (Å²) in [5.41, 5.74) is 0. The van der Waals surface area contributed by atoms with Crippen LogP contribution in [-0.4, -0.2) is 24.2 Å². The Balaban J connectivity index is 2.49. The van der Waals surface area contributed by atoms with E-state index in [2.05, 4.69) is 19.2 Å². The number of ether oxygens (including phenoxy) is 1. The van der Waals surface area contributed by atoms with Gasteiger partial charge < -0.3 is 10.1 Å². The molecule has 0 spiro atoms.